The van der Waals surface area contributed by atoms with Crippen LogP contribution in [-0.4, -0.2) is 5.84 Å². The van der Waals surface area contributed by atoms with Gasteiger partial charge in [-0.25, -0.2) is 0 Å². The molecule has 76 valence electrons. The van der Waals surface area contributed by atoms with E-state index in [1.165, 1.54) is 5.56 Å². The third-order valence-corrected chi connectivity index (χ3v) is 2.21. The fraction of sp³-hybridized carbons (Fsp3) is 0.417. The van der Waals surface area contributed by atoms with Gasteiger partial charge in [0.2, 0.25) is 0 Å². The first-order valence-corrected chi connectivity index (χ1v) is 4.82. The summed E-state index contributed by atoms with van der Waals surface area (Å²) in [6.45, 7) is 6.52. The minimum Gasteiger partial charge on any atom is -0.387 e. The summed E-state index contributed by atoms with van der Waals surface area (Å²) < 4.78 is 0. The largest absolute Gasteiger partial charge is 0.387 e. The van der Waals surface area contributed by atoms with E-state index in [1.54, 1.807) is 0 Å². The maximum atomic E-state index is 7.31. The Morgan fingerprint density at radius 1 is 1.29 bits per heavy atom. The maximum absolute atomic E-state index is 7.31. The highest BCUT2D eigenvalue weighted by molar-refractivity contribution is 5.79. The van der Waals surface area contributed by atoms with Crippen molar-refractivity contribution in [3.8, 4) is 0 Å². The van der Waals surface area contributed by atoms with Crippen molar-refractivity contribution in [2.24, 2.45) is 5.73 Å². The molecule has 3 N–H and O–H groups in total. The highest BCUT2D eigenvalue weighted by Gasteiger charge is 2.17. The van der Waals surface area contributed by atoms with Crippen LogP contribution >= 0.6 is 0 Å². The van der Waals surface area contributed by atoms with Crippen LogP contribution < -0.4 is 5.73 Å². The molecule has 0 aliphatic carbocycles. The lowest BCUT2D eigenvalue weighted by molar-refractivity contribution is 0.585. The topological polar surface area (TPSA) is 49.9 Å². The second-order valence-electron chi connectivity index (χ2n) is 4.61. The van der Waals surface area contributed by atoms with Crippen LogP contribution in [0.3, 0.4) is 0 Å². The molecule has 2 heteroatoms. The minimum absolute atomic E-state index is 0.117. The molecule has 1 aromatic rings. The molecule has 0 bridgehead atoms. The fourth-order valence-corrected chi connectivity index (χ4v) is 1.61. The monoisotopic (exact) mass is 190 g/mol. The Bertz CT molecular complexity index is 334. The zero-order valence-corrected chi connectivity index (χ0v) is 9.09. The van der Waals surface area contributed by atoms with Crippen LogP contribution in [0.5, 0.6) is 0 Å². The van der Waals surface area contributed by atoms with E-state index in [0.29, 0.717) is 6.42 Å². The summed E-state index contributed by atoms with van der Waals surface area (Å²) in [5.74, 6) is 0.224. The molecule has 0 spiro atoms. The molecular formula is C12H18N2. The second kappa shape index (κ2) is 3.82. The average Bonchev–Trinajstić information content (AvgIpc) is 2.01. The molecule has 0 unspecified atom stereocenters. The Balaban J connectivity index is 3.10. The Hall–Kier alpha value is -1.31. The number of hydrogen-bond donors (Lipinski definition) is 2. The molecule has 0 saturated heterocycles. The number of nitrogens with two attached hydrogens (primary N) is 1. The summed E-state index contributed by atoms with van der Waals surface area (Å²) in [6, 6.07) is 8.18. The van der Waals surface area contributed by atoms with E-state index >= 15 is 0 Å². The Morgan fingerprint density at radius 3 is 2.36 bits per heavy atom. The van der Waals surface area contributed by atoms with Crippen LogP contribution in [0.15, 0.2) is 24.3 Å². The first kappa shape index (κ1) is 10.8. The van der Waals surface area contributed by atoms with Gasteiger partial charge >= 0.3 is 0 Å². The van der Waals surface area contributed by atoms with E-state index in [-0.39, 0.29) is 11.3 Å². The van der Waals surface area contributed by atoms with Gasteiger partial charge in [-0.15, -0.1) is 0 Å². The van der Waals surface area contributed by atoms with Crippen LogP contribution in [-0.2, 0) is 11.8 Å². The van der Waals surface area contributed by atoms with Gasteiger partial charge in [-0.2, -0.15) is 0 Å². The molecule has 0 radical (unpaired) electrons. The van der Waals surface area contributed by atoms with Gasteiger partial charge in [-0.1, -0.05) is 45.0 Å². The molecule has 0 aliphatic rings. The second-order valence-corrected chi connectivity index (χ2v) is 4.61. The summed E-state index contributed by atoms with van der Waals surface area (Å²) >= 11 is 0. The molecular weight excluding hydrogens is 172 g/mol. The molecule has 0 fully saturated rings. The van der Waals surface area contributed by atoms with Gasteiger partial charge in [0.25, 0.3) is 0 Å². The van der Waals surface area contributed by atoms with E-state index in [9.17, 15) is 0 Å². The van der Waals surface area contributed by atoms with Crippen molar-refractivity contribution in [3.63, 3.8) is 0 Å². The summed E-state index contributed by atoms with van der Waals surface area (Å²) in [4.78, 5) is 0. The highest BCUT2D eigenvalue weighted by Crippen LogP contribution is 2.25. The molecule has 0 amide bonds. The van der Waals surface area contributed by atoms with Crippen molar-refractivity contribution in [1.82, 2.24) is 0 Å². The SMILES string of the molecule is CC(C)(C)c1ccccc1CC(=N)N. The number of nitrogens with one attached hydrogen (secondary N) is 1. The van der Waals surface area contributed by atoms with Gasteiger partial charge in [-0.05, 0) is 16.5 Å². The lowest BCUT2D eigenvalue weighted by atomic mass is 9.83. The van der Waals surface area contributed by atoms with Crippen LogP contribution in [0.25, 0.3) is 0 Å². The van der Waals surface area contributed by atoms with Gasteiger partial charge in [0.05, 0.1) is 5.84 Å². The molecule has 1 rings (SSSR count). The minimum atomic E-state index is 0.117. The summed E-state index contributed by atoms with van der Waals surface area (Å²) in [5.41, 5.74) is 7.97. The van der Waals surface area contributed by atoms with E-state index < -0.39 is 0 Å². The predicted molar refractivity (Wildman–Crippen MR) is 60.8 cm³/mol. The van der Waals surface area contributed by atoms with Crippen LogP contribution in [0.2, 0.25) is 0 Å². The Labute approximate surface area is 85.6 Å². The lowest BCUT2D eigenvalue weighted by Crippen LogP contribution is -2.19. The van der Waals surface area contributed by atoms with E-state index in [2.05, 4.69) is 26.8 Å². The normalized spacial score (nSPS) is 11.4. The molecule has 2 nitrogen and oxygen atoms in total. The first-order valence-electron chi connectivity index (χ1n) is 4.82. The van der Waals surface area contributed by atoms with E-state index in [1.807, 2.05) is 18.2 Å². The molecule has 14 heavy (non-hydrogen) atoms. The van der Waals surface area contributed by atoms with Crippen molar-refractivity contribution in [1.29, 1.82) is 5.41 Å². The van der Waals surface area contributed by atoms with Crippen molar-refractivity contribution in [2.75, 3.05) is 0 Å². The Morgan fingerprint density at radius 2 is 1.86 bits per heavy atom. The van der Waals surface area contributed by atoms with Crippen molar-refractivity contribution in [2.45, 2.75) is 32.6 Å². The zero-order chi connectivity index (χ0) is 10.8. The summed E-state index contributed by atoms with van der Waals surface area (Å²) in [5, 5.41) is 7.31. The molecule has 0 aliphatic heterocycles. The molecule has 0 atom stereocenters. The van der Waals surface area contributed by atoms with Crippen molar-refractivity contribution in [3.05, 3.63) is 35.4 Å². The van der Waals surface area contributed by atoms with Crippen LogP contribution in [0.4, 0.5) is 0 Å². The fourth-order valence-electron chi connectivity index (χ4n) is 1.61. The first-order chi connectivity index (χ1) is 6.41. The maximum Gasteiger partial charge on any atom is 0.0950 e. The number of rotatable bonds is 2. The quantitative estimate of drug-likeness (QED) is 0.546. The molecule has 1 aromatic carbocycles. The van der Waals surface area contributed by atoms with Gasteiger partial charge in [0.1, 0.15) is 0 Å². The zero-order valence-electron chi connectivity index (χ0n) is 9.09. The number of benzene rings is 1. The van der Waals surface area contributed by atoms with E-state index in [4.69, 9.17) is 11.1 Å². The molecule has 0 heterocycles. The van der Waals surface area contributed by atoms with Crippen molar-refractivity contribution >= 4 is 5.84 Å². The van der Waals surface area contributed by atoms with Crippen LogP contribution in [0, 0.1) is 5.41 Å². The smallest absolute Gasteiger partial charge is 0.0950 e. The standard InChI is InChI=1S/C12H18N2/c1-12(2,3)10-7-5-4-6-9(10)8-11(13)14/h4-7H,8H2,1-3H3,(H3,13,14). The van der Waals surface area contributed by atoms with Crippen LogP contribution in [0.1, 0.15) is 31.9 Å². The third-order valence-electron chi connectivity index (χ3n) is 2.21. The number of hydrogen-bond acceptors (Lipinski definition) is 1. The third kappa shape index (κ3) is 2.59. The van der Waals surface area contributed by atoms with Gasteiger partial charge < -0.3 is 5.73 Å². The summed E-state index contributed by atoms with van der Waals surface area (Å²) in [7, 11) is 0. The average molecular weight is 190 g/mol. The highest BCUT2D eigenvalue weighted by atomic mass is 14.7. The van der Waals surface area contributed by atoms with Gasteiger partial charge in [0, 0.05) is 6.42 Å². The predicted octanol–water partition coefficient (Wildman–Crippen LogP) is 2.46. The van der Waals surface area contributed by atoms with Crippen molar-refractivity contribution < 1.29 is 0 Å². The summed E-state index contributed by atoms with van der Waals surface area (Å²) in [6.07, 6.45) is 0.549. The Kier molecular flexibility index (Phi) is 2.94. The number of amidine groups is 1. The lowest BCUT2D eigenvalue weighted by Gasteiger charge is -2.22. The molecule has 0 saturated carbocycles. The van der Waals surface area contributed by atoms with E-state index in [0.717, 1.165) is 5.56 Å². The van der Waals surface area contributed by atoms with Gasteiger partial charge in [-0.3, -0.25) is 5.41 Å². The van der Waals surface area contributed by atoms with Gasteiger partial charge in [0.15, 0.2) is 0 Å². The molecule has 0 aromatic heterocycles.